The molecule has 0 aromatic heterocycles. The standard InChI is InChI=1S/C17H16FNO4S/c1-10-2-8-13(9-3-10)24(22,23)15-14(17(15,19)16(20)21)11-4-6-12(18)7-5-11/h2-9,14-15H,19H2,1H3,(H,20,21)/t14-,15-,17-/m1/s1. The summed E-state index contributed by atoms with van der Waals surface area (Å²) in [6.45, 7) is 1.82. The van der Waals surface area contributed by atoms with Crippen molar-refractivity contribution in [2.45, 2.75) is 28.5 Å². The normalized spacial score (nSPS) is 26.1. The number of hydrogen-bond acceptors (Lipinski definition) is 4. The Kier molecular flexibility index (Phi) is 3.73. The second kappa shape index (κ2) is 5.39. The molecule has 0 spiro atoms. The number of carbonyl (C=O) groups is 1. The number of halogens is 1. The van der Waals surface area contributed by atoms with Crippen LogP contribution < -0.4 is 5.73 Å². The lowest BCUT2D eigenvalue weighted by Gasteiger charge is -2.07. The van der Waals surface area contributed by atoms with Gasteiger partial charge in [-0.1, -0.05) is 29.8 Å². The van der Waals surface area contributed by atoms with Crippen molar-refractivity contribution in [3.63, 3.8) is 0 Å². The van der Waals surface area contributed by atoms with E-state index in [1.807, 2.05) is 6.92 Å². The van der Waals surface area contributed by atoms with Gasteiger partial charge in [0, 0.05) is 5.92 Å². The molecule has 7 heteroatoms. The second-order valence-electron chi connectivity index (χ2n) is 6.05. The predicted octanol–water partition coefficient (Wildman–Crippen LogP) is 1.86. The first-order chi connectivity index (χ1) is 11.2. The molecule has 0 heterocycles. The van der Waals surface area contributed by atoms with Gasteiger partial charge < -0.3 is 10.8 Å². The molecule has 0 aliphatic heterocycles. The topological polar surface area (TPSA) is 97.5 Å². The highest BCUT2D eigenvalue weighted by Gasteiger charge is 2.74. The minimum Gasteiger partial charge on any atom is -0.480 e. The van der Waals surface area contributed by atoms with Crippen molar-refractivity contribution >= 4 is 15.8 Å². The third-order valence-electron chi connectivity index (χ3n) is 4.46. The number of aliphatic carboxylic acids is 1. The molecule has 0 bridgehead atoms. The molecule has 0 radical (unpaired) electrons. The van der Waals surface area contributed by atoms with Gasteiger partial charge in [0.2, 0.25) is 0 Å². The maximum Gasteiger partial charge on any atom is 0.325 e. The van der Waals surface area contributed by atoms with Crippen molar-refractivity contribution in [2.75, 3.05) is 0 Å². The number of carboxylic acid groups (broad SMARTS) is 1. The zero-order chi connectivity index (χ0) is 17.7. The lowest BCUT2D eigenvalue weighted by molar-refractivity contribution is -0.139. The Morgan fingerprint density at radius 2 is 1.67 bits per heavy atom. The molecular weight excluding hydrogens is 333 g/mol. The van der Waals surface area contributed by atoms with Crippen molar-refractivity contribution in [1.29, 1.82) is 0 Å². The first-order valence-corrected chi connectivity index (χ1v) is 8.82. The SMILES string of the molecule is Cc1ccc(S(=O)(=O)[C@@H]2[C@@H](c3ccc(F)cc3)[C@]2(N)C(=O)O)cc1. The summed E-state index contributed by atoms with van der Waals surface area (Å²) in [5.41, 5.74) is 5.28. The van der Waals surface area contributed by atoms with Gasteiger partial charge in [0.1, 0.15) is 16.6 Å². The van der Waals surface area contributed by atoms with Gasteiger partial charge in [0.15, 0.2) is 9.84 Å². The largest absolute Gasteiger partial charge is 0.480 e. The van der Waals surface area contributed by atoms with Crippen LogP contribution in [0.25, 0.3) is 0 Å². The maximum atomic E-state index is 13.1. The summed E-state index contributed by atoms with van der Waals surface area (Å²) >= 11 is 0. The van der Waals surface area contributed by atoms with E-state index in [0.29, 0.717) is 5.56 Å². The summed E-state index contributed by atoms with van der Waals surface area (Å²) in [7, 11) is -3.94. The van der Waals surface area contributed by atoms with Crippen molar-refractivity contribution in [1.82, 2.24) is 0 Å². The lowest BCUT2D eigenvalue weighted by atomic mass is 10.1. The Bertz CT molecular complexity index is 893. The average Bonchev–Trinajstić information content (AvgIpc) is 3.17. The molecule has 3 rings (SSSR count). The van der Waals surface area contributed by atoms with Gasteiger partial charge in [0.25, 0.3) is 0 Å². The number of aryl methyl sites for hydroxylation is 1. The van der Waals surface area contributed by atoms with E-state index < -0.39 is 38.3 Å². The van der Waals surface area contributed by atoms with E-state index in [4.69, 9.17) is 5.73 Å². The van der Waals surface area contributed by atoms with Crippen LogP contribution >= 0.6 is 0 Å². The Balaban J connectivity index is 2.06. The minimum absolute atomic E-state index is 0.0267. The van der Waals surface area contributed by atoms with E-state index >= 15 is 0 Å². The number of hydrogen-bond donors (Lipinski definition) is 2. The van der Waals surface area contributed by atoms with Crippen LogP contribution in [0.15, 0.2) is 53.4 Å². The number of carboxylic acids is 1. The third kappa shape index (κ3) is 2.40. The fraction of sp³-hybridized carbons (Fsp3) is 0.235. The summed E-state index contributed by atoms with van der Waals surface area (Å²) in [4.78, 5) is 11.6. The van der Waals surface area contributed by atoms with Gasteiger partial charge in [-0.25, -0.2) is 12.8 Å². The zero-order valence-corrected chi connectivity index (χ0v) is 13.6. The molecule has 0 saturated heterocycles. The van der Waals surface area contributed by atoms with Gasteiger partial charge >= 0.3 is 5.97 Å². The molecule has 3 atom stereocenters. The summed E-state index contributed by atoms with van der Waals surface area (Å²) in [5.74, 6) is -2.81. The van der Waals surface area contributed by atoms with Gasteiger partial charge in [-0.3, -0.25) is 4.79 Å². The molecule has 0 amide bonds. The van der Waals surface area contributed by atoms with E-state index in [9.17, 15) is 22.7 Å². The smallest absolute Gasteiger partial charge is 0.325 e. The van der Waals surface area contributed by atoms with Crippen molar-refractivity contribution in [3.05, 3.63) is 65.5 Å². The Morgan fingerprint density at radius 3 is 2.17 bits per heavy atom. The fourth-order valence-electron chi connectivity index (χ4n) is 3.06. The number of nitrogens with two attached hydrogens (primary N) is 1. The van der Waals surface area contributed by atoms with Crippen LogP contribution in [-0.4, -0.2) is 30.3 Å². The molecular formula is C17H16FNO4S. The van der Waals surface area contributed by atoms with E-state index in [1.165, 1.54) is 24.3 Å². The summed E-state index contributed by atoms with van der Waals surface area (Å²) in [6.07, 6.45) is 0. The van der Waals surface area contributed by atoms with E-state index in [0.717, 1.165) is 17.7 Å². The number of sulfone groups is 1. The van der Waals surface area contributed by atoms with E-state index in [-0.39, 0.29) is 4.90 Å². The monoisotopic (exact) mass is 349 g/mol. The molecule has 5 nitrogen and oxygen atoms in total. The molecule has 0 unspecified atom stereocenters. The summed E-state index contributed by atoms with van der Waals surface area (Å²) in [6, 6.07) is 11.2. The van der Waals surface area contributed by atoms with Crippen molar-refractivity contribution in [2.24, 2.45) is 5.73 Å². The van der Waals surface area contributed by atoms with Crippen LogP contribution in [0.2, 0.25) is 0 Å². The average molecular weight is 349 g/mol. The van der Waals surface area contributed by atoms with Crippen LogP contribution in [-0.2, 0) is 14.6 Å². The Labute approximate surface area is 138 Å². The zero-order valence-electron chi connectivity index (χ0n) is 12.8. The lowest BCUT2D eigenvalue weighted by Crippen LogP contribution is -2.39. The minimum atomic E-state index is -3.94. The number of rotatable bonds is 4. The molecule has 1 aliphatic carbocycles. The summed E-state index contributed by atoms with van der Waals surface area (Å²) < 4.78 is 38.8. The predicted molar refractivity (Wildman–Crippen MR) is 85.8 cm³/mol. The van der Waals surface area contributed by atoms with Gasteiger partial charge in [-0.05, 0) is 36.8 Å². The van der Waals surface area contributed by atoms with Crippen LogP contribution in [0.4, 0.5) is 4.39 Å². The molecule has 1 aliphatic rings. The van der Waals surface area contributed by atoms with Gasteiger partial charge in [-0.2, -0.15) is 0 Å². The highest BCUT2D eigenvalue weighted by molar-refractivity contribution is 7.92. The third-order valence-corrected chi connectivity index (χ3v) is 6.72. The van der Waals surface area contributed by atoms with Crippen LogP contribution in [0, 0.1) is 12.7 Å². The highest BCUT2D eigenvalue weighted by atomic mass is 32.2. The maximum absolute atomic E-state index is 13.1. The van der Waals surface area contributed by atoms with Crippen LogP contribution in [0.3, 0.4) is 0 Å². The molecule has 2 aromatic rings. The summed E-state index contributed by atoms with van der Waals surface area (Å²) in [5, 5.41) is 8.16. The van der Waals surface area contributed by atoms with Gasteiger partial charge in [0.05, 0.1) is 4.90 Å². The first-order valence-electron chi connectivity index (χ1n) is 7.27. The molecule has 1 fully saturated rings. The van der Waals surface area contributed by atoms with Gasteiger partial charge in [-0.15, -0.1) is 0 Å². The highest BCUT2D eigenvalue weighted by Crippen LogP contribution is 2.55. The molecule has 126 valence electrons. The second-order valence-corrected chi connectivity index (χ2v) is 8.12. The Morgan fingerprint density at radius 1 is 1.12 bits per heavy atom. The quantitative estimate of drug-likeness (QED) is 0.878. The fourth-order valence-corrected chi connectivity index (χ4v) is 5.29. The van der Waals surface area contributed by atoms with Crippen molar-refractivity contribution < 1.29 is 22.7 Å². The number of benzene rings is 2. The molecule has 2 aromatic carbocycles. The van der Waals surface area contributed by atoms with Crippen LogP contribution in [0.5, 0.6) is 0 Å². The van der Waals surface area contributed by atoms with Crippen molar-refractivity contribution in [3.8, 4) is 0 Å². The molecule has 3 N–H and O–H groups in total. The first kappa shape index (κ1) is 16.6. The Hall–Kier alpha value is -2.25. The van der Waals surface area contributed by atoms with E-state index in [1.54, 1.807) is 12.1 Å². The van der Waals surface area contributed by atoms with E-state index in [2.05, 4.69) is 0 Å². The van der Waals surface area contributed by atoms with Crippen LogP contribution in [0.1, 0.15) is 17.0 Å². The molecule has 24 heavy (non-hydrogen) atoms. The molecule has 1 saturated carbocycles.